The molecule has 0 bridgehead atoms. The van der Waals surface area contributed by atoms with Crippen LogP contribution in [0, 0.1) is 0 Å². The van der Waals surface area contributed by atoms with Crippen LogP contribution in [0.3, 0.4) is 0 Å². The topological polar surface area (TPSA) is 6.48 Å². The highest BCUT2D eigenvalue weighted by Crippen LogP contribution is 2.34. The van der Waals surface area contributed by atoms with Crippen LogP contribution in [0.1, 0.15) is 27.7 Å². The Morgan fingerprint density at radius 3 is 1.05 bits per heavy atom. The number of benzene rings is 2. The van der Waals surface area contributed by atoms with Gasteiger partial charge in [-0.1, -0.05) is 36.4 Å². The standard InChI is InChI=1S/C20H26N2/c1-15-16(2)22(20-13-9-6-10-14-20)18(4)17(3)21(15)19-11-7-5-8-12-19/h5-18H,1-4H3. The van der Waals surface area contributed by atoms with Gasteiger partial charge in [0.15, 0.2) is 0 Å². The van der Waals surface area contributed by atoms with Gasteiger partial charge in [-0.2, -0.15) is 0 Å². The Kier molecular flexibility index (Phi) is 4.10. The van der Waals surface area contributed by atoms with Gasteiger partial charge in [-0.3, -0.25) is 0 Å². The summed E-state index contributed by atoms with van der Waals surface area (Å²) < 4.78 is 0. The molecule has 2 aromatic carbocycles. The SMILES string of the molecule is CC1C(C)N(c2ccccc2)C(C)C(C)N1c1ccccc1. The molecular weight excluding hydrogens is 268 g/mol. The van der Waals surface area contributed by atoms with Crippen LogP contribution < -0.4 is 9.80 Å². The van der Waals surface area contributed by atoms with Gasteiger partial charge in [-0.25, -0.2) is 0 Å². The van der Waals surface area contributed by atoms with E-state index in [0.717, 1.165) is 0 Å². The fourth-order valence-corrected chi connectivity index (χ4v) is 3.81. The highest BCUT2D eigenvalue weighted by atomic mass is 15.3. The molecule has 1 aliphatic rings. The molecule has 22 heavy (non-hydrogen) atoms. The Bertz CT molecular complexity index is 524. The molecule has 0 radical (unpaired) electrons. The van der Waals surface area contributed by atoms with Gasteiger partial charge in [0.25, 0.3) is 0 Å². The Hall–Kier alpha value is -1.96. The van der Waals surface area contributed by atoms with Gasteiger partial charge in [-0.15, -0.1) is 0 Å². The normalized spacial score (nSPS) is 28.7. The molecule has 1 fully saturated rings. The third-order valence-corrected chi connectivity index (χ3v) is 5.26. The van der Waals surface area contributed by atoms with E-state index in [0.29, 0.717) is 24.2 Å². The van der Waals surface area contributed by atoms with Crippen molar-refractivity contribution in [1.29, 1.82) is 0 Å². The second-order valence-corrected chi connectivity index (χ2v) is 6.45. The molecule has 0 spiro atoms. The predicted octanol–water partition coefficient (Wildman–Crippen LogP) is 4.57. The van der Waals surface area contributed by atoms with Crippen molar-refractivity contribution in [3.63, 3.8) is 0 Å². The second kappa shape index (κ2) is 6.04. The van der Waals surface area contributed by atoms with Crippen molar-refractivity contribution in [2.24, 2.45) is 0 Å². The van der Waals surface area contributed by atoms with E-state index < -0.39 is 0 Å². The van der Waals surface area contributed by atoms with E-state index in [2.05, 4.69) is 98.2 Å². The monoisotopic (exact) mass is 294 g/mol. The molecular formula is C20H26N2. The Labute approximate surface area is 134 Å². The molecule has 116 valence electrons. The zero-order valence-electron chi connectivity index (χ0n) is 14.0. The van der Waals surface area contributed by atoms with Crippen LogP contribution in [0.4, 0.5) is 11.4 Å². The molecule has 3 rings (SSSR count). The van der Waals surface area contributed by atoms with Gasteiger partial charge in [-0.05, 0) is 52.0 Å². The van der Waals surface area contributed by atoms with Crippen molar-refractivity contribution in [2.75, 3.05) is 9.80 Å². The predicted molar refractivity (Wildman–Crippen MR) is 95.7 cm³/mol. The van der Waals surface area contributed by atoms with Gasteiger partial charge >= 0.3 is 0 Å². The van der Waals surface area contributed by atoms with Crippen molar-refractivity contribution in [3.8, 4) is 0 Å². The van der Waals surface area contributed by atoms with Gasteiger partial charge < -0.3 is 9.80 Å². The maximum atomic E-state index is 2.58. The minimum absolute atomic E-state index is 0.466. The van der Waals surface area contributed by atoms with Gasteiger partial charge in [0.05, 0.1) is 0 Å². The molecule has 1 aliphatic heterocycles. The number of rotatable bonds is 2. The molecule has 1 heterocycles. The summed E-state index contributed by atoms with van der Waals surface area (Å²) >= 11 is 0. The fourth-order valence-electron chi connectivity index (χ4n) is 3.81. The lowest BCUT2D eigenvalue weighted by atomic mass is 9.93. The molecule has 2 heteroatoms. The van der Waals surface area contributed by atoms with Crippen molar-refractivity contribution < 1.29 is 0 Å². The van der Waals surface area contributed by atoms with E-state index in [-0.39, 0.29) is 0 Å². The first-order valence-electron chi connectivity index (χ1n) is 8.28. The summed E-state index contributed by atoms with van der Waals surface area (Å²) in [4.78, 5) is 5.16. The lowest BCUT2D eigenvalue weighted by Gasteiger charge is -2.54. The maximum absolute atomic E-state index is 2.58. The van der Waals surface area contributed by atoms with E-state index in [4.69, 9.17) is 0 Å². The number of anilines is 2. The van der Waals surface area contributed by atoms with E-state index in [1.165, 1.54) is 11.4 Å². The van der Waals surface area contributed by atoms with Crippen LogP contribution >= 0.6 is 0 Å². The molecule has 2 nitrogen and oxygen atoms in total. The molecule has 0 saturated carbocycles. The Morgan fingerprint density at radius 1 is 0.500 bits per heavy atom. The molecule has 0 aliphatic carbocycles. The molecule has 0 aromatic heterocycles. The molecule has 1 saturated heterocycles. The van der Waals surface area contributed by atoms with E-state index in [9.17, 15) is 0 Å². The summed E-state index contributed by atoms with van der Waals surface area (Å²) in [5, 5.41) is 0. The zero-order chi connectivity index (χ0) is 15.7. The minimum Gasteiger partial charge on any atom is -0.362 e. The van der Waals surface area contributed by atoms with Crippen LogP contribution in [-0.2, 0) is 0 Å². The smallest absolute Gasteiger partial charge is 0.0466 e. The fraction of sp³-hybridized carbons (Fsp3) is 0.400. The quantitative estimate of drug-likeness (QED) is 0.800. The van der Waals surface area contributed by atoms with Crippen molar-refractivity contribution >= 4 is 11.4 Å². The molecule has 0 amide bonds. The summed E-state index contributed by atoms with van der Waals surface area (Å²) in [5.41, 5.74) is 2.66. The van der Waals surface area contributed by atoms with E-state index in [1.54, 1.807) is 0 Å². The average molecular weight is 294 g/mol. The Balaban J connectivity index is 1.95. The second-order valence-electron chi connectivity index (χ2n) is 6.45. The molecule has 4 unspecified atom stereocenters. The molecule has 2 aromatic rings. The van der Waals surface area contributed by atoms with Gasteiger partial charge in [0, 0.05) is 35.5 Å². The summed E-state index contributed by atoms with van der Waals surface area (Å²) in [6, 6.07) is 23.5. The number of piperazine rings is 1. The van der Waals surface area contributed by atoms with Gasteiger partial charge in [0.2, 0.25) is 0 Å². The van der Waals surface area contributed by atoms with E-state index >= 15 is 0 Å². The van der Waals surface area contributed by atoms with Crippen LogP contribution in [0.2, 0.25) is 0 Å². The van der Waals surface area contributed by atoms with Crippen molar-refractivity contribution in [1.82, 2.24) is 0 Å². The average Bonchev–Trinajstić information content (AvgIpc) is 2.55. The summed E-state index contributed by atoms with van der Waals surface area (Å²) in [6.45, 7) is 9.37. The van der Waals surface area contributed by atoms with Crippen molar-refractivity contribution in [2.45, 2.75) is 51.9 Å². The Morgan fingerprint density at radius 2 is 0.773 bits per heavy atom. The highest BCUT2D eigenvalue weighted by Gasteiger charge is 2.39. The van der Waals surface area contributed by atoms with Crippen LogP contribution in [0.25, 0.3) is 0 Å². The maximum Gasteiger partial charge on any atom is 0.0466 e. The largest absolute Gasteiger partial charge is 0.362 e. The molecule has 0 N–H and O–H groups in total. The number of nitrogens with zero attached hydrogens (tertiary/aromatic N) is 2. The lowest BCUT2D eigenvalue weighted by molar-refractivity contribution is 0.346. The number of hydrogen-bond acceptors (Lipinski definition) is 2. The number of hydrogen-bond donors (Lipinski definition) is 0. The first-order chi connectivity index (χ1) is 10.6. The summed E-state index contributed by atoms with van der Waals surface area (Å²) in [7, 11) is 0. The zero-order valence-corrected chi connectivity index (χ0v) is 14.0. The third-order valence-electron chi connectivity index (χ3n) is 5.26. The van der Waals surface area contributed by atoms with E-state index in [1.807, 2.05) is 0 Å². The van der Waals surface area contributed by atoms with Gasteiger partial charge in [0.1, 0.15) is 0 Å². The van der Waals surface area contributed by atoms with Crippen LogP contribution in [0.15, 0.2) is 60.7 Å². The lowest BCUT2D eigenvalue weighted by Crippen LogP contribution is -2.66. The molecule has 4 atom stereocenters. The van der Waals surface area contributed by atoms with Crippen LogP contribution in [-0.4, -0.2) is 24.2 Å². The number of para-hydroxylation sites is 2. The first kappa shape index (κ1) is 15.0. The summed E-state index contributed by atoms with van der Waals surface area (Å²) in [5.74, 6) is 0. The minimum atomic E-state index is 0.466. The first-order valence-corrected chi connectivity index (χ1v) is 8.28. The third kappa shape index (κ3) is 2.47. The van der Waals surface area contributed by atoms with Crippen molar-refractivity contribution in [3.05, 3.63) is 60.7 Å². The summed E-state index contributed by atoms with van der Waals surface area (Å²) in [6.07, 6.45) is 0. The highest BCUT2D eigenvalue weighted by molar-refractivity contribution is 5.56. The van der Waals surface area contributed by atoms with Crippen LogP contribution in [0.5, 0.6) is 0 Å².